The quantitative estimate of drug-likeness (QED) is 0.109. The lowest BCUT2D eigenvalue weighted by atomic mass is 9.61. The molecule has 3 saturated carbocycles. The highest BCUT2D eigenvalue weighted by molar-refractivity contribution is 6.29. The van der Waals surface area contributed by atoms with E-state index in [2.05, 4.69) is 46.3 Å². The van der Waals surface area contributed by atoms with Crippen LogP contribution in [0.2, 0.25) is 5.15 Å². The molecule has 0 radical (unpaired) electrons. The minimum absolute atomic E-state index is 0.0191. The first-order valence-corrected chi connectivity index (χ1v) is 19.1. The fraction of sp³-hybridized carbons (Fsp3) is 0.250. The van der Waals surface area contributed by atoms with E-state index in [0.29, 0.717) is 16.7 Å². The Balaban J connectivity index is 1.29. The molecule has 3 aliphatic rings. The highest BCUT2D eigenvalue weighted by Crippen LogP contribution is 2.48. The fourth-order valence-electron chi connectivity index (χ4n) is 8.97. The molecule has 3 fully saturated rings. The van der Waals surface area contributed by atoms with Gasteiger partial charge in [0, 0.05) is 12.2 Å². The summed E-state index contributed by atoms with van der Waals surface area (Å²) in [7, 11) is 0. The average Bonchev–Trinajstić information content (AvgIpc) is 3.90. The number of nitrogens with zero attached hydrogens (tertiary/aromatic N) is 5. The van der Waals surface area contributed by atoms with Crippen LogP contribution in [0.15, 0.2) is 126 Å². The van der Waals surface area contributed by atoms with Crippen molar-refractivity contribution < 1.29 is 18.3 Å². The molecule has 2 atom stereocenters. The molecule has 55 heavy (non-hydrogen) atoms. The zero-order valence-corrected chi connectivity index (χ0v) is 30.9. The maximum atomic E-state index is 16.8. The number of furan rings is 1. The molecule has 0 saturated heterocycles. The highest BCUT2D eigenvalue weighted by atomic mass is 35.5. The van der Waals surface area contributed by atoms with Crippen LogP contribution in [0.1, 0.15) is 49.3 Å². The van der Waals surface area contributed by atoms with Gasteiger partial charge in [0.15, 0.2) is 28.9 Å². The van der Waals surface area contributed by atoms with Crippen molar-refractivity contribution in [1.82, 2.24) is 24.5 Å². The van der Waals surface area contributed by atoms with Crippen molar-refractivity contribution >= 4 is 34.6 Å². The molecule has 9 nitrogen and oxygen atoms in total. The van der Waals surface area contributed by atoms with E-state index < -0.39 is 17.3 Å². The summed E-state index contributed by atoms with van der Waals surface area (Å²) in [6, 6.07) is 33.6. The van der Waals surface area contributed by atoms with Crippen LogP contribution in [0.5, 0.6) is 0 Å². The van der Waals surface area contributed by atoms with Gasteiger partial charge in [0.2, 0.25) is 0 Å². The smallest absolute Gasteiger partial charge is 0.311 e. The molecule has 2 bridgehead atoms. The fourth-order valence-corrected chi connectivity index (χ4v) is 9.10. The first-order valence-electron chi connectivity index (χ1n) is 18.7. The van der Waals surface area contributed by atoms with E-state index in [-0.39, 0.29) is 58.7 Å². The lowest BCUT2D eigenvalue weighted by molar-refractivity contribution is -0.154. The molecule has 10 rings (SSSR count). The topological polar surface area (TPSA) is 108 Å². The summed E-state index contributed by atoms with van der Waals surface area (Å²) in [6.45, 7) is 2.08. The van der Waals surface area contributed by atoms with E-state index in [1.807, 2.05) is 67.7 Å². The number of rotatable bonds is 10. The minimum Gasteiger partial charge on any atom is -0.466 e. The van der Waals surface area contributed by atoms with Crippen molar-refractivity contribution in [1.29, 1.82) is 0 Å². The SMILES string of the molecule is CCOC(=O)[C@@H]1C2CCC(CC2)[C@H]1Nc1nc(-c2cn(C(c3ccccc3)(c3ccccc3)c3ccccc3)c3nc(Cl)cnc23)nc(-c2ccco2)c1F. The van der Waals surface area contributed by atoms with Crippen LogP contribution in [0, 0.1) is 23.6 Å². The van der Waals surface area contributed by atoms with E-state index >= 15 is 4.39 Å². The van der Waals surface area contributed by atoms with Crippen molar-refractivity contribution in [2.45, 2.75) is 44.2 Å². The molecule has 4 aromatic heterocycles. The third-order valence-corrected chi connectivity index (χ3v) is 11.5. The minimum atomic E-state index is -0.973. The molecular formula is C44H38ClFN6O3. The van der Waals surface area contributed by atoms with Gasteiger partial charge in [0.05, 0.1) is 30.5 Å². The Kier molecular flexibility index (Phi) is 9.14. The second-order valence-electron chi connectivity index (χ2n) is 14.2. The van der Waals surface area contributed by atoms with Crippen LogP contribution in [0.3, 0.4) is 0 Å². The standard InChI is InChI=1S/C44H38ClFN6O3/c1-2-54-43(53)35-27-20-22-28(23-21-27)37(35)49-41-36(46)39(33-19-12-24-55-33)50-40(51-41)32-26-52(42-38(32)47-25-34(45)48-42)44(29-13-6-3-7-14-29,30-15-8-4-9-16-30)31-17-10-5-11-18-31/h3-19,24-28,35,37H,2,20-23H2,1H3,(H,49,50,51)/t27?,28?,35-,37-/m1/s1. The van der Waals surface area contributed by atoms with Gasteiger partial charge in [-0.1, -0.05) is 103 Å². The molecule has 276 valence electrons. The first kappa shape index (κ1) is 34.9. The van der Waals surface area contributed by atoms with E-state index in [1.165, 1.54) is 12.5 Å². The number of ether oxygens (including phenoxy) is 1. The molecule has 7 aromatic rings. The number of nitrogens with one attached hydrogen (secondary N) is 1. The lowest BCUT2D eigenvalue weighted by Crippen LogP contribution is -2.52. The van der Waals surface area contributed by atoms with Gasteiger partial charge in [-0.2, -0.15) is 0 Å². The van der Waals surface area contributed by atoms with Gasteiger partial charge in [-0.3, -0.25) is 4.79 Å². The first-order chi connectivity index (χ1) is 27.0. The van der Waals surface area contributed by atoms with Gasteiger partial charge in [0.1, 0.15) is 21.9 Å². The van der Waals surface area contributed by atoms with Gasteiger partial charge < -0.3 is 19.0 Å². The summed E-state index contributed by atoms with van der Waals surface area (Å²) in [5.74, 6) is -0.633. The highest BCUT2D eigenvalue weighted by Gasteiger charge is 2.48. The number of aromatic nitrogens is 5. The number of carbonyl (C=O) groups is 1. The van der Waals surface area contributed by atoms with Crippen LogP contribution in [-0.4, -0.2) is 43.1 Å². The van der Waals surface area contributed by atoms with E-state index in [4.69, 9.17) is 40.7 Å². The Bertz CT molecular complexity index is 2360. The Morgan fingerprint density at radius 2 is 1.49 bits per heavy atom. The summed E-state index contributed by atoms with van der Waals surface area (Å²) < 4.78 is 30.2. The van der Waals surface area contributed by atoms with Crippen molar-refractivity contribution in [2.24, 2.45) is 17.8 Å². The second kappa shape index (κ2) is 14.4. The third-order valence-electron chi connectivity index (χ3n) is 11.3. The van der Waals surface area contributed by atoms with E-state index in [1.54, 1.807) is 12.1 Å². The van der Waals surface area contributed by atoms with Crippen LogP contribution < -0.4 is 5.32 Å². The number of esters is 1. The molecular weight excluding hydrogens is 715 g/mol. The van der Waals surface area contributed by atoms with Crippen LogP contribution in [-0.2, 0) is 15.1 Å². The Morgan fingerprint density at radius 3 is 2.07 bits per heavy atom. The molecule has 3 aromatic carbocycles. The lowest BCUT2D eigenvalue weighted by Gasteiger charge is -2.47. The van der Waals surface area contributed by atoms with Gasteiger partial charge in [-0.05, 0) is 73.3 Å². The Hall–Kier alpha value is -5.87. The van der Waals surface area contributed by atoms with Gasteiger partial charge in [0.25, 0.3) is 0 Å². The van der Waals surface area contributed by atoms with Crippen LogP contribution in [0.25, 0.3) is 34.0 Å². The van der Waals surface area contributed by atoms with Crippen molar-refractivity contribution in [3.63, 3.8) is 0 Å². The zero-order chi connectivity index (χ0) is 37.5. The molecule has 0 unspecified atom stereocenters. The molecule has 4 heterocycles. The molecule has 0 aliphatic heterocycles. The number of hydrogen-bond acceptors (Lipinski definition) is 8. The van der Waals surface area contributed by atoms with Gasteiger partial charge in [-0.15, -0.1) is 0 Å². The number of hydrogen-bond donors (Lipinski definition) is 1. The number of halogens is 2. The summed E-state index contributed by atoms with van der Waals surface area (Å²) in [5, 5.41) is 3.63. The molecule has 3 aliphatic carbocycles. The number of anilines is 1. The molecule has 11 heteroatoms. The van der Waals surface area contributed by atoms with E-state index in [9.17, 15) is 4.79 Å². The monoisotopic (exact) mass is 752 g/mol. The summed E-state index contributed by atoms with van der Waals surface area (Å²) in [6.07, 6.45) is 8.66. The zero-order valence-electron chi connectivity index (χ0n) is 30.1. The second-order valence-corrected chi connectivity index (χ2v) is 14.6. The van der Waals surface area contributed by atoms with Crippen molar-refractivity contribution in [2.75, 3.05) is 11.9 Å². The normalized spacial score (nSPS) is 19.4. The van der Waals surface area contributed by atoms with Crippen LogP contribution >= 0.6 is 11.6 Å². The predicted octanol–water partition coefficient (Wildman–Crippen LogP) is 9.56. The summed E-state index contributed by atoms with van der Waals surface area (Å²) >= 11 is 6.65. The molecule has 0 amide bonds. The summed E-state index contributed by atoms with van der Waals surface area (Å²) in [4.78, 5) is 32.9. The maximum Gasteiger partial charge on any atom is 0.311 e. The Morgan fingerprint density at radius 1 is 0.873 bits per heavy atom. The summed E-state index contributed by atoms with van der Waals surface area (Å²) in [5.41, 5.74) is 3.37. The predicted molar refractivity (Wildman–Crippen MR) is 209 cm³/mol. The molecule has 1 N–H and O–H groups in total. The van der Waals surface area contributed by atoms with E-state index in [0.717, 1.165) is 42.4 Å². The number of benzene rings is 3. The van der Waals surface area contributed by atoms with Crippen LogP contribution in [0.4, 0.5) is 10.2 Å². The number of carbonyl (C=O) groups excluding carboxylic acids is 1. The number of fused-ring (bicyclic) bond motifs is 4. The third kappa shape index (κ3) is 5.96. The average molecular weight is 753 g/mol. The largest absolute Gasteiger partial charge is 0.466 e. The van der Waals surface area contributed by atoms with Gasteiger partial charge in [-0.25, -0.2) is 24.3 Å². The maximum absolute atomic E-state index is 16.8. The van der Waals surface area contributed by atoms with Crippen molar-refractivity contribution in [3.05, 3.63) is 149 Å². The Labute approximate surface area is 322 Å². The molecule has 0 spiro atoms. The van der Waals surface area contributed by atoms with Crippen molar-refractivity contribution in [3.8, 4) is 22.8 Å². The van der Waals surface area contributed by atoms with Gasteiger partial charge >= 0.3 is 5.97 Å².